The Balaban J connectivity index is 2.10. The number of halogens is 2. The van der Waals surface area contributed by atoms with Gasteiger partial charge in [0.05, 0.1) is 12.6 Å². The maximum atomic E-state index is 11.9. The van der Waals surface area contributed by atoms with E-state index in [2.05, 4.69) is 15.6 Å². The van der Waals surface area contributed by atoms with Crippen LogP contribution in [0.4, 0.5) is 0 Å². The van der Waals surface area contributed by atoms with Gasteiger partial charge in [0.1, 0.15) is 6.54 Å². The molecule has 8 heteroatoms. The van der Waals surface area contributed by atoms with Crippen LogP contribution >= 0.6 is 34.5 Å². The van der Waals surface area contributed by atoms with Gasteiger partial charge >= 0.3 is 0 Å². The van der Waals surface area contributed by atoms with E-state index >= 15 is 0 Å². The number of nitrogens with one attached hydrogen (secondary N) is 2. The summed E-state index contributed by atoms with van der Waals surface area (Å²) in [5, 5.41) is 9.75. The van der Waals surface area contributed by atoms with Crippen molar-refractivity contribution in [2.24, 2.45) is 4.99 Å². The van der Waals surface area contributed by atoms with Crippen LogP contribution in [-0.4, -0.2) is 37.4 Å². The van der Waals surface area contributed by atoms with E-state index < -0.39 is 0 Å². The Kier molecular flexibility index (Phi) is 7.75. The van der Waals surface area contributed by atoms with Crippen LogP contribution in [0.2, 0.25) is 10.0 Å². The first-order chi connectivity index (χ1) is 12.4. The lowest BCUT2D eigenvalue weighted by Gasteiger charge is -2.20. The summed E-state index contributed by atoms with van der Waals surface area (Å²) in [6.45, 7) is 2.67. The summed E-state index contributed by atoms with van der Waals surface area (Å²) in [7, 11) is 3.42. The van der Waals surface area contributed by atoms with Crippen molar-refractivity contribution in [3.63, 3.8) is 0 Å². The van der Waals surface area contributed by atoms with E-state index in [9.17, 15) is 4.79 Å². The molecule has 0 saturated heterocycles. The van der Waals surface area contributed by atoms with Gasteiger partial charge in [0.25, 0.3) is 0 Å². The predicted molar refractivity (Wildman–Crippen MR) is 110 cm³/mol. The number of nitrogens with zero attached hydrogens (tertiary/aromatic N) is 2. The fourth-order valence-corrected chi connectivity index (χ4v) is 3.38. The zero-order valence-corrected chi connectivity index (χ0v) is 17.3. The Hall–Kier alpha value is -1.76. The summed E-state index contributed by atoms with van der Waals surface area (Å²) in [6, 6.07) is 9.32. The molecule has 2 N–H and O–H groups in total. The summed E-state index contributed by atoms with van der Waals surface area (Å²) in [6.07, 6.45) is 0. The SMILES string of the molecule is CC(NC(=NCC(=O)N(C)C)NCc1cccs1)c1ccc(Cl)cc1Cl. The molecule has 0 aliphatic carbocycles. The average Bonchev–Trinajstić information content (AvgIpc) is 3.10. The van der Waals surface area contributed by atoms with Gasteiger partial charge in [0.2, 0.25) is 5.91 Å². The highest BCUT2D eigenvalue weighted by molar-refractivity contribution is 7.09. The molecule has 140 valence electrons. The number of carbonyl (C=O) groups is 1. The van der Waals surface area contributed by atoms with Crippen molar-refractivity contribution in [2.45, 2.75) is 19.5 Å². The van der Waals surface area contributed by atoms with Crippen LogP contribution in [0, 0.1) is 0 Å². The van der Waals surface area contributed by atoms with Gasteiger partial charge < -0.3 is 15.5 Å². The van der Waals surface area contributed by atoms with Crippen LogP contribution in [-0.2, 0) is 11.3 Å². The highest BCUT2D eigenvalue weighted by Gasteiger charge is 2.13. The molecule has 5 nitrogen and oxygen atoms in total. The smallest absolute Gasteiger partial charge is 0.243 e. The monoisotopic (exact) mass is 412 g/mol. The molecule has 0 saturated carbocycles. The van der Waals surface area contributed by atoms with Gasteiger partial charge in [-0.3, -0.25) is 4.79 Å². The summed E-state index contributed by atoms with van der Waals surface area (Å²) >= 11 is 13.9. The highest BCUT2D eigenvalue weighted by atomic mass is 35.5. The molecule has 0 aliphatic rings. The Morgan fingerprint density at radius 1 is 1.31 bits per heavy atom. The van der Waals surface area contributed by atoms with E-state index in [1.807, 2.05) is 30.5 Å². The van der Waals surface area contributed by atoms with Crippen molar-refractivity contribution in [1.29, 1.82) is 0 Å². The van der Waals surface area contributed by atoms with Gasteiger partial charge in [-0.1, -0.05) is 35.3 Å². The Morgan fingerprint density at radius 2 is 2.08 bits per heavy atom. The van der Waals surface area contributed by atoms with Gasteiger partial charge in [0, 0.05) is 29.0 Å². The van der Waals surface area contributed by atoms with E-state index in [1.54, 1.807) is 37.6 Å². The number of aliphatic imine (C=N–C) groups is 1. The third-order valence-electron chi connectivity index (χ3n) is 3.66. The van der Waals surface area contributed by atoms with E-state index in [1.165, 1.54) is 9.78 Å². The minimum atomic E-state index is -0.108. The number of rotatable bonds is 6. The van der Waals surface area contributed by atoms with Crippen molar-refractivity contribution in [3.8, 4) is 0 Å². The first-order valence-corrected chi connectivity index (χ1v) is 9.72. The van der Waals surface area contributed by atoms with Gasteiger partial charge in [-0.05, 0) is 36.1 Å². The fourth-order valence-electron chi connectivity index (χ4n) is 2.16. The average molecular weight is 413 g/mol. The largest absolute Gasteiger partial charge is 0.351 e. The van der Waals surface area contributed by atoms with Crippen LogP contribution < -0.4 is 10.6 Å². The normalized spacial score (nSPS) is 12.6. The number of benzene rings is 1. The van der Waals surface area contributed by atoms with Crippen LogP contribution in [0.3, 0.4) is 0 Å². The van der Waals surface area contributed by atoms with E-state index in [0.717, 1.165) is 5.56 Å². The lowest BCUT2D eigenvalue weighted by Crippen LogP contribution is -2.39. The Labute approximate surface area is 168 Å². The lowest BCUT2D eigenvalue weighted by atomic mass is 10.1. The molecule has 0 bridgehead atoms. The number of amides is 1. The first kappa shape index (κ1) is 20.6. The van der Waals surface area contributed by atoms with Crippen molar-refractivity contribution in [2.75, 3.05) is 20.6 Å². The minimum Gasteiger partial charge on any atom is -0.351 e. The number of thiophene rings is 1. The van der Waals surface area contributed by atoms with E-state index in [4.69, 9.17) is 23.2 Å². The van der Waals surface area contributed by atoms with Gasteiger partial charge in [-0.2, -0.15) is 0 Å². The molecule has 1 aromatic carbocycles. The molecule has 1 amide bonds. The molecule has 1 heterocycles. The van der Waals surface area contributed by atoms with Crippen LogP contribution in [0.25, 0.3) is 0 Å². The molecule has 1 unspecified atom stereocenters. The Bertz CT molecular complexity index is 763. The first-order valence-electron chi connectivity index (χ1n) is 8.09. The standard InChI is InChI=1S/C18H22Cl2N4OS/c1-12(15-7-6-13(19)9-16(15)20)23-18(22-11-17(25)24(2)3)21-10-14-5-4-8-26-14/h4-9,12H,10-11H2,1-3H3,(H2,21,22,23). The summed E-state index contributed by atoms with van der Waals surface area (Å²) < 4.78 is 0. The second-order valence-corrected chi connectivity index (χ2v) is 7.79. The molecule has 0 aliphatic heterocycles. The van der Waals surface area contributed by atoms with Crippen molar-refractivity contribution in [1.82, 2.24) is 15.5 Å². The second kappa shape index (κ2) is 9.80. The number of likely N-dealkylation sites (N-methyl/N-ethyl adjacent to an activating group) is 1. The molecule has 1 aromatic heterocycles. The quantitative estimate of drug-likeness (QED) is 0.557. The second-order valence-electron chi connectivity index (χ2n) is 5.92. The third kappa shape index (κ3) is 6.20. The molecule has 2 rings (SSSR count). The summed E-state index contributed by atoms with van der Waals surface area (Å²) in [5.74, 6) is 0.478. The lowest BCUT2D eigenvalue weighted by molar-refractivity contribution is -0.127. The van der Waals surface area contributed by atoms with Crippen LogP contribution in [0.15, 0.2) is 40.7 Å². The van der Waals surface area contributed by atoms with Gasteiger partial charge in [0.15, 0.2) is 5.96 Å². The molecule has 1 atom stereocenters. The number of hydrogen-bond donors (Lipinski definition) is 2. The highest BCUT2D eigenvalue weighted by Crippen LogP contribution is 2.26. The number of carbonyl (C=O) groups excluding carboxylic acids is 1. The molecule has 0 radical (unpaired) electrons. The molecule has 0 fully saturated rings. The summed E-state index contributed by atoms with van der Waals surface area (Å²) in [5.41, 5.74) is 0.903. The van der Waals surface area contributed by atoms with E-state index in [0.29, 0.717) is 22.5 Å². The molecule has 26 heavy (non-hydrogen) atoms. The van der Waals surface area contributed by atoms with Gasteiger partial charge in [-0.25, -0.2) is 4.99 Å². The number of guanidine groups is 1. The van der Waals surface area contributed by atoms with Gasteiger partial charge in [-0.15, -0.1) is 11.3 Å². The summed E-state index contributed by atoms with van der Waals surface area (Å²) in [4.78, 5) is 18.9. The van der Waals surface area contributed by atoms with Crippen molar-refractivity contribution < 1.29 is 4.79 Å². The Morgan fingerprint density at radius 3 is 2.69 bits per heavy atom. The molecular formula is C18H22Cl2N4OS. The van der Waals surface area contributed by atoms with E-state index in [-0.39, 0.29) is 18.5 Å². The van der Waals surface area contributed by atoms with Crippen LogP contribution in [0.5, 0.6) is 0 Å². The zero-order chi connectivity index (χ0) is 19.1. The maximum absolute atomic E-state index is 11.9. The van der Waals surface area contributed by atoms with Crippen molar-refractivity contribution in [3.05, 3.63) is 56.2 Å². The molecule has 0 spiro atoms. The number of hydrogen-bond acceptors (Lipinski definition) is 3. The minimum absolute atomic E-state index is 0.0633. The fraction of sp³-hybridized carbons (Fsp3) is 0.333. The molecular weight excluding hydrogens is 391 g/mol. The maximum Gasteiger partial charge on any atom is 0.243 e. The van der Waals surface area contributed by atoms with Crippen molar-refractivity contribution >= 4 is 46.4 Å². The third-order valence-corrected chi connectivity index (χ3v) is 5.10. The predicted octanol–water partition coefficient (Wildman–Crippen LogP) is 3.94. The molecule has 2 aromatic rings. The zero-order valence-electron chi connectivity index (χ0n) is 14.9. The topological polar surface area (TPSA) is 56.7 Å². The van der Waals surface area contributed by atoms with Crippen LogP contribution in [0.1, 0.15) is 23.4 Å².